The van der Waals surface area contributed by atoms with Gasteiger partial charge in [-0.2, -0.15) is 0 Å². The van der Waals surface area contributed by atoms with Crippen molar-refractivity contribution in [2.24, 2.45) is 29.1 Å². The van der Waals surface area contributed by atoms with Gasteiger partial charge in [0, 0.05) is 23.0 Å². The molecule has 0 aliphatic heterocycles. The lowest BCUT2D eigenvalue weighted by Crippen LogP contribution is -2.51. The van der Waals surface area contributed by atoms with Crippen molar-refractivity contribution < 1.29 is 14.3 Å². The van der Waals surface area contributed by atoms with Gasteiger partial charge < -0.3 is 9.52 Å². The summed E-state index contributed by atoms with van der Waals surface area (Å²) >= 11 is 0. The summed E-state index contributed by atoms with van der Waals surface area (Å²) in [5, 5.41) is 11.5. The summed E-state index contributed by atoms with van der Waals surface area (Å²) in [6.45, 7) is 4.10. The molecule has 0 amide bonds. The minimum Gasteiger partial charge on any atom is -0.472 e. The van der Waals surface area contributed by atoms with Crippen LogP contribution >= 0.6 is 0 Å². The normalized spacial score (nSPS) is 36.4. The summed E-state index contributed by atoms with van der Waals surface area (Å²) in [6, 6.07) is 10.2. The fraction of sp³-hybridized carbons (Fsp3) is 0.452. The maximum atomic E-state index is 13.4. The molecule has 0 unspecified atom stereocenters. The maximum absolute atomic E-state index is 13.4. The molecule has 0 radical (unpaired) electrons. The molecule has 4 aliphatic carbocycles. The Kier molecular flexibility index (Phi) is 5.01. The molecule has 1 N–H and O–H groups in total. The van der Waals surface area contributed by atoms with Crippen LogP contribution in [0.25, 0.3) is 16.7 Å². The van der Waals surface area contributed by atoms with Gasteiger partial charge in [0.15, 0.2) is 5.78 Å². The Morgan fingerprint density at radius 1 is 1.09 bits per heavy atom. The van der Waals surface area contributed by atoms with Crippen LogP contribution in [0.5, 0.6) is 0 Å². The quantitative estimate of drug-likeness (QED) is 0.533. The minimum atomic E-state index is -0.876. The number of benzene rings is 1. The lowest BCUT2D eigenvalue weighted by molar-refractivity contribution is -0.114. The summed E-state index contributed by atoms with van der Waals surface area (Å²) in [5.41, 5.74) is 4.16. The van der Waals surface area contributed by atoms with Crippen LogP contribution in [-0.4, -0.2) is 16.5 Å². The molecule has 1 aromatic carbocycles. The van der Waals surface area contributed by atoms with Crippen molar-refractivity contribution in [3.63, 3.8) is 0 Å². The Balaban J connectivity index is 1.45. The summed E-state index contributed by atoms with van der Waals surface area (Å²) in [4.78, 5) is 13.4. The summed E-state index contributed by atoms with van der Waals surface area (Å²) in [6.07, 6.45) is 13.5. The first-order chi connectivity index (χ1) is 16.5. The maximum Gasteiger partial charge on any atom is 0.163 e. The molecular formula is C31H32O3. The van der Waals surface area contributed by atoms with E-state index in [2.05, 4.69) is 43.0 Å². The molecule has 1 heterocycles. The van der Waals surface area contributed by atoms with Gasteiger partial charge in [0.25, 0.3) is 0 Å². The highest BCUT2D eigenvalue weighted by Crippen LogP contribution is 2.64. The number of furan rings is 1. The topological polar surface area (TPSA) is 50.4 Å². The van der Waals surface area contributed by atoms with Gasteiger partial charge in [-0.05, 0) is 85.5 Å². The Morgan fingerprint density at radius 2 is 1.91 bits per heavy atom. The first-order valence-corrected chi connectivity index (χ1v) is 12.7. The Bertz CT molecular complexity index is 1250. The molecule has 34 heavy (non-hydrogen) atoms. The van der Waals surface area contributed by atoms with Crippen molar-refractivity contribution >= 4 is 11.4 Å². The molecular weight excluding hydrogens is 420 g/mol. The lowest BCUT2D eigenvalue weighted by atomic mass is 9.52. The van der Waals surface area contributed by atoms with Crippen molar-refractivity contribution in [3.05, 3.63) is 66.1 Å². The van der Waals surface area contributed by atoms with Crippen LogP contribution in [0.1, 0.15) is 57.9 Å². The third kappa shape index (κ3) is 2.98. The molecule has 2 aromatic rings. The standard InChI is InChI=1S/C31H32O3/c1-3-15-31(33)17-13-27-24-8-9-26-22(23(24)12-16-30(27,31)2)10-11-28(32)29(26)25-7-5-4-6-21(25)20-14-18-34-19-20/h4-9,14,18-19,22-24,27,33H,10-13,16-17H2,1-2H3/t22-,23-,24-,27+,30+,31+/m1/s1. The molecule has 0 bridgehead atoms. The fourth-order valence-electron chi connectivity index (χ4n) is 7.86. The van der Waals surface area contributed by atoms with Crippen LogP contribution in [0.15, 0.2) is 65.0 Å². The Morgan fingerprint density at radius 3 is 2.68 bits per heavy atom. The predicted octanol–water partition coefficient (Wildman–Crippen LogP) is 6.45. The van der Waals surface area contributed by atoms with E-state index in [0.717, 1.165) is 54.4 Å². The molecule has 2 fully saturated rings. The van der Waals surface area contributed by atoms with Gasteiger partial charge in [0.05, 0.1) is 12.5 Å². The van der Waals surface area contributed by atoms with E-state index >= 15 is 0 Å². The van der Waals surface area contributed by atoms with Gasteiger partial charge >= 0.3 is 0 Å². The minimum absolute atomic E-state index is 0.163. The highest BCUT2D eigenvalue weighted by molar-refractivity contribution is 6.24. The van der Waals surface area contributed by atoms with E-state index in [1.165, 1.54) is 5.57 Å². The number of aliphatic hydroxyl groups is 1. The second-order valence-electron chi connectivity index (χ2n) is 10.9. The highest BCUT2D eigenvalue weighted by atomic mass is 16.3. The monoisotopic (exact) mass is 452 g/mol. The van der Waals surface area contributed by atoms with Crippen LogP contribution in [0, 0.1) is 40.9 Å². The first kappa shape index (κ1) is 21.7. The SMILES string of the molecule is CC#C[C@]1(O)CC[C@H]2[C@@H]3C=CC4=C(c5ccccc5-c5ccoc5)C(=O)CC[C@@H]4[C@H]3CC[C@@]21C. The summed E-state index contributed by atoms with van der Waals surface area (Å²) in [7, 11) is 0. The van der Waals surface area contributed by atoms with Crippen molar-refractivity contribution in [1.82, 2.24) is 0 Å². The number of ketones is 1. The number of hydrogen-bond donors (Lipinski definition) is 1. The largest absolute Gasteiger partial charge is 0.472 e. The van der Waals surface area contributed by atoms with Gasteiger partial charge in [-0.15, -0.1) is 5.92 Å². The lowest BCUT2D eigenvalue weighted by Gasteiger charge is -2.53. The van der Waals surface area contributed by atoms with Crippen molar-refractivity contribution in [3.8, 4) is 23.0 Å². The Labute approximate surface area is 201 Å². The third-order valence-corrected chi connectivity index (χ3v) is 9.56. The molecule has 3 nitrogen and oxygen atoms in total. The van der Waals surface area contributed by atoms with Crippen molar-refractivity contribution in [2.45, 2.75) is 58.0 Å². The van der Waals surface area contributed by atoms with Gasteiger partial charge in [-0.25, -0.2) is 0 Å². The molecule has 4 aliphatic rings. The van der Waals surface area contributed by atoms with Gasteiger partial charge in [0.1, 0.15) is 5.60 Å². The zero-order valence-corrected chi connectivity index (χ0v) is 20.0. The number of rotatable bonds is 2. The van der Waals surface area contributed by atoms with E-state index in [9.17, 15) is 9.90 Å². The number of carbonyl (C=O) groups excluding carboxylic acids is 1. The second-order valence-corrected chi connectivity index (χ2v) is 10.9. The fourth-order valence-corrected chi connectivity index (χ4v) is 7.86. The van der Waals surface area contributed by atoms with Crippen LogP contribution in [0.4, 0.5) is 0 Å². The van der Waals surface area contributed by atoms with Crippen molar-refractivity contribution in [2.75, 3.05) is 0 Å². The number of hydrogen-bond acceptors (Lipinski definition) is 3. The van der Waals surface area contributed by atoms with E-state index in [1.807, 2.05) is 25.1 Å². The predicted molar refractivity (Wildman–Crippen MR) is 133 cm³/mol. The molecule has 6 atom stereocenters. The van der Waals surface area contributed by atoms with Gasteiger partial charge in [-0.3, -0.25) is 4.79 Å². The van der Waals surface area contributed by atoms with E-state index in [-0.39, 0.29) is 11.2 Å². The molecule has 174 valence electrons. The first-order valence-electron chi connectivity index (χ1n) is 12.7. The van der Waals surface area contributed by atoms with E-state index in [4.69, 9.17) is 4.42 Å². The summed E-state index contributed by atoms with van der Waals surface area (Å²) in [5.74, 6) is 8.25. The number of Topliss-reactive ketones (excluding diaryl/α,β-unsaturated/α-hetero) is 1. The summed E-state index contributed by atoms with van der Waals surface area (Å²) < 4.78 is 5.35. The number of fused-ring (bicyclic) bond motifs is 5. The van der Waals surface area contributed by atoms with Crippen molar-refractivity contribution in [1.29, 1.82) is 0 Å². The average molecular weight is 453 g/mol. The highest BCUT2D eigenvalue weighted by Gasteiger charge is 2.61. The number of allylic oxidation sites excluding steroid dienone is 4. The zero-order chi connectivity index (χ0) is 23.5. The van der Waals surface area contributed by atoms with E-state index < -0.39 is 5.60 Å². The molecule has 3 heteroatoms. The Hall–Kier alpha value is -2.83. The van der Waals surface area contributed by atoms with Gasteiger partial charge in [0.2, 0.25) is 0 Å². The molecule has 6 rings (SSSR count). The van der Waals surface area contributed by atoms with E-state index in [1.54, 1.807) is 12.5 Å². The van der Waals surface area contributed by atoms with E-state index in [0.29, 0.717) is 30.1 Å². The van der Waals surface area contributed by atoms with Crippen LogP contribution in [0.2, 0.25) is 0 Å². The molecule has 2 saturated carbocycles. The van der Waals surface area contributed by atoms with Crippen LogP contribution < -0.4 is 0 Å². The van der Waals surface area contributed by atoms with Crippen LogP contribution in [-0.2, 0) is 4.79 Å². The van der Waals surface area contributed by atoms with Crippen LogP contribution in [0.3, 0.4) is 0 Å². The second kappa shape index (κ2) is 7.85. The third-order valence-electron chi connectivity index (χ3n) is 9.56. The number of carbonyl (C=O) groups is 1. The molecule has 0 spiro atoms. The molecule has 1 aromatic heterocycles. The average Bonchev–Trinajstić information content (AvgIpc) is 3.46. The smallest absolute Gasteiger partial charge is 0.163 e. The molecule has 0 saturated heterocycles. The zero-order valence-electron chi connectivity index (χ0n) is 20.0. The van der Waals surface area contributed by atoms with Gasteiger partial charge in [-0.1, -0.05) is 49.3 Å².